The highest BCUT2D eigenvalue weighted by Gasteiger charge is 2.12. The summed E-state index contributed by atoms with van der Waals surface area (Å²) in [6.45, 7) is 0. The first-order chi connectivity index (χ1) is 13.6. The lowest BCUT2D eigenvalue weighted by Crippen LogP contribution is -2.09. The van der Waals surface area contributed by atoms with Crippen LogP contribution in [0.4, 0.5) is 0 Å². The molecular weight excluding hydrogens is 376 g/mol. The van der Waals surface area contributed by atoms with Crippen molar-refractivity contribution in [3.8, 4) is 11.5 Å². The van der Waals surface area contributed by atoms with Gasteiger partial charge >= 0.3 is 5.97 Å². The van der Waals surface area contributed by atoms with Crippen molar-refractivity contribution in [1.82, 2.24) is 0 Å². The molecule has 0 aliphatic rings. The van der Waals surface area contributed by atoms with Crippen LogP contribution in [0.2, 0.25) is 5.02 Å². The van der Waals surface area contributed by atoms with E-state index in [1.807, 2.05) is 24.3 Å². The predicted octanol–water partition coefficient (Wildman–Crippen LogP) is 5.46. The molecule has 0 fully saturated rings. The summed E-state index contributed by atoms with van der Waals surface area (Å²) >= 11 is 5.99. The summed E-state index contributed by atoms with van der Waals surface area (Å²) in [7, 11) is 1.60. The molecule has 0 atom stereocenters. The zero-order valence-corrected chi connectivity index (χ0v) is 15.8. The Hall–Kier alpha value is -3.37. The first-order valence-corrected chi connectivity index (χ1v) is 8.88. The fraction of sp³-hybridized carbons (Fsp3) is 0.0435. The van der Waals surface area contributed by atoms with Crippen LogP contribution in [0, 0.1) is 0 Å². The Labute approximate surface area is 168 Å². The molecule has 28 heavy (non-hydrogen) atoms. The first kappa shape index (κ1) is 19.4. The van der Waals surface area contributed by atoms with Crippen LogP contribution in [0.5, 0.6) is 11.5 Å². The maximum Gasteiger partial charge on any atom is 0.345 e. The minimum atomic E-state index is -0.552. The van der Waals surface area contributed by atoms with Crippen LogP contribution in [-0.2, 0) is 0 Å². The van der Waals surface area contributed by atoms with Crippen molar-refractivity contribution in [2.45, 2.75) is 0 Å². The number of esters is 1. The van der Waals surface area contributed by atoms with Crippen LogP contribution in [0.1, 0.15) is 26.3 Å². The van der Waals surface area contributed by atoms with Gasteiger partial charge in [0.15, 0.2) is 5.78 Å². The third-order valence-electron chi connectivity index (χ3n) is 3.99. The van der Waals surface area contributed by atoms with Crippen molar-refractivity contribution < 1.29 is 19.1 Å². The molecule has 0 saturated heterocycles. The van der Waals surface area contributed by atoms with Crippen LogP contribution in [-0.4, -0.2) is 18.9 Å². The van der Waals surface area contributed by atoms with Gasteiger partial charge in [0.25, 0.3) is 0 Å². The van der Waals surface area contributed by atoms with Crippen LogP contribution < -0.4 is 9.47 Å². The normalized spacial score (nSPS) is 10.6. The molecule has 0 radical (unpaired) electrons. The molecule has 0 aliphatic heterocycles. The highest BCUT2D eigenvalue weighted by Crippen LogP contribution is 2.19. The Kier molecular flexibility index (Phi) is 6.25. The Morgan fingerprint density at radius 1 is 0.857 bits per heavy atom. The molecule has 5 heteroatoms. The quantitative estimate of drug-likeness (QED) is 0.242. The third-order valence-corrected chi connectivity index (χ3v) is 4.32. The molecule has 3 rings (SSSR count). The first-order valence-electron chi connectivity index (χ1n) is 8.50. The molecular formula is C23H17ClO4. The smallest absolute Gasteiger partial charge is 0.345 e. The van der Waals surface area contributed by atoms with Gasteiger partial charge in [-0.1, -0.05) is 41.9 Å². The Morgan fingerprint density at radius 2 is 1.50 bits per heavy atom. The maximum atomic E-state index is 12.3. The molecule has 0 N–H and O–H groups in total. The molecule has 140 valence electrons. The van der Waals surface area contributed by atoms with Crippen molar-refractivity contribution in [3.63, 3.8) is 0 Å². The van der Waals surface area contributed by atoms with Crippen molar-refractivity contribution in [1.29, 1.82) is 0 Å². The van der Waals surface area contributed by atoms with E-state index in [0.717, 1.165) is 11.3 Å². The number of hydrogen-bond acceptors (Lipinski definition) is 4. The third kappa shape index (κ3) is 4.87. The molecule has 0 aliphatic carbocycles. The van der Waals surface area contributed by atoms with E-state index < -0.39 is 5.97 Å². The Balaban J connectivity index is 1.64. The number of methoxy groups -OCH3 is 1. The fourth-order valence-electron chi connectivity index (χ4n) is 2.46. The highest BCUT2D eigenvalue weighted by atomic mass is 35.5. The van der Waals surface area contributed by atoms with Crippen molar-refractivity contribution in [3.05, 3.63) is 101 Å². The van der Waals surface area contributed by atoms with Gasteiger partial charge in [-0.15, -0.1) is 0 Å². The Morgan fingerprint density at radius 3 is 2.14 bits per heavy atom. The van der Waals surface area contributed by atoms with Crippen LogP contribution in [0.3, 0.4) is 0 Å². The summed E-state index contributed by atoms with van der Waals surface area (Å²) in [4.78, 5) is 24.5. The van der Waals surface area contributed by atoms with E-state index in [2.05, 4.69) is 0 Å². The average Bonchev–Trinajstić information content (AvgIpc) is 2.73. The number of allylic oxidation sites excluding steroid dienone is 1. The van der Waals surface area contributed by atoms with Gasteiger partial charge in [-0.25, -0.2) is 4.79 Å². The molecule has 4 nitrogen and oxygen atoms in total. The summed E-state index contributed by atoms with van der Waals surface area (Å²) in [5, 5.41) is 0.322. The van der Waals surface area contributed by atoms with E-state index in [1.165, 1.54) is 6.08 Å². The lowest BCUT2D eigenvalue weighted by atomic mass is 10.1. The van der Waals surface area contributed by atoms with Gasteiger partial charge in [-0.2, -0.15) is 0 Å². The summed E-state index contributed by atoms with van der Waals surface area (Å²) in [6.07, 6.45) is 3.22. The number of carbonyl (C=O) groups is 2. The van der Waals surface area contributed by atoms with E-state index in [9.17, 15) is 9.59 Å². The van der Waals surface area contributed by atoms with Gasteiger partial charge in [-0.05, 0) is 60.2 Å². The standard InChI is InChI=1S/C23H17ClO4/c1-27-18-11-6-16(7-12-18)8-15-22(25)17-9-13-19(14-10-17)28-23(26)20-4-2-3-5-21(20)24/h2-15H,1H3/b15-8+. The van der Waals surface area contributed by atoms with E-state index in [4.69, 9.17) is 21.1 Å². The van der Waals surface area contributed by atoms with E-state index in [0.29, 0.717) is 16.3 Å². The predicted molar refractivity (Wildman–Crippen MR) is 109 cm³/mol. The average molecular weight is 393 g/mol. The van der Waals surface area contributed by atoms with Crippen LogP contribution in [0.25, 0.3) is 6.08 Å². The lowest BCUT2D eigenvalue weighted by molar-refractivity contribution is 0.0735. The largest absolute Gasteiger partial charge is 0.497 e. The number of benzene rings is 3. The summed E-state index contributed by atoms with van der Waals surface area (Å²) in [6, 6.07) is 20.4. The molecule has 0 saturated carbocycles. The molecule has 3 aromatic rings. The van der Waals surface area contributed by atoms with Crippen LogP contribution in [0.15, 0.2) is 78.9 Å². The van der Waals surface area contributed by atoms with E-state index in [-0.39, 0.29) is 11.3 Å². The number of carbonyl (C=O) groups excluding carboxylic acids is 2. The van der Waals surface area contributed by atoms with E-state index in [1.54, 1.807) is 61.7 Å². The Bertz CT molecular complexity index is 1010. The minimum absolute atomic E-state index is 0.153. The lowest BCUT2D eigenvalue weighted by Gasteiger charge is -2.06. The topological polar surface area (TPSA) is 52.6 Å². The van der Waals surface area contributed by atoms with Crippen molar-refractivity contribution in [2.75, 3.05) is 7.11 Å². The highest BCUT2D eigenvalue weighted by molar-refractivity contribution is 6.33. The SMILES string of the molecule is COc1ccc(/C=C/C(=O)c2ccc(OC(=O)c3ccccc3Cl)cc2)cc1. The summed E-state index contributed by atoms with van der Waals surface area (Å²) in [5.41, 5.74) is 1.66. The van der Waals surface area contributed by atoms with Crippen molar-refractivity contribution in [2.24, 2.45) is 0 Å². The summed E-state index contributed by atoms with van der Waals surface area (Å²) in [5.74, 6) is 0.384. The van der Waals surface area contributed by atoms with Gasteiger partial charge in [0, 0.05) is 5.56 Å². The van der Waals surface area contributed by atoms with Gasteiger partial charge in [0.1, 0.15) is 11.5 Å². The minimum Gasteiger partial charge on any atom is -0.497 e. The second-order valence-corrected chi connectivity index (χ2v) is 6.27. The number of ketones is 1. The van der Waals surface area contributed by atoms with Gasteiger partial charge < -0.3 is 9.47 Å². The molecule has 0 amide bonds. The number of hydrogen-bond donors (Lipinski definition) is 0. The van der Waals surface area contributed by atoms with Gasteiger partial charge in [0.05, 0.1) is 17.7 Å². The zero-order chi connectivity index (χ0) is 19.9. The number of rotatable bonds is 6. The van der Waals surface area contributed by atoms with Crippen LogP contribution >= 0.6 is 11.6 Å². The molecule has 0 heterocycles. The van der Waals surface area contributed by atoms with E-state index >= 15 is 0 Å². The van der Waals surface area contributed by atoms with Crippen molar-refractivity contribution >= 4 is 29.4 Å². The molecule has 0 unspecified atom stereocenters. The molecule has 0 aromatic heterocycles. The monoisotopic (exact) mass is 392 g/mol. The van der Waals surface area contributed by atoms with Gasteiger partial charge in [0.2, 0.25) is 0 Å². The number of ether oxygens (including phenoxy) is 2. The summed E-state index contributed by atoms with van der Waals surface area (Å²) < 4.78 is 10.4. The second-order valence-electron chi connectivity index (χ2n) is 5.86. The second kappa shape index (κ2) is 9.02. The fourth-order valence-corrected chi connectivity index (χ4v) is 2.67. The zero-order valence-electron chi connectivity index (χ0n) is 15.1. The molecule has 0 spiro atoms. The maximum absolute atomic E-state index is 12.3. The molecule has 3 aromatic carbocycles. The number of halogens is 1. The molecule has 0 bridgehead atoms. The van der Waals surface area contributed by atoms with Gasteiger partial charge in [-0.3, -0.25) is 4.79 Å².